The Balaban J connectivity index is 1.50. The number of hydrazine groups is 1. The van der Waals surface area contributed by atoms with Crippen LogP contribution >= 0.6 is 0 Å². The second kappa shape index (κ2) is 10.0. The summed E-state index contributed by atoms with van der Waals surface area (Å²) in [6.45, 7) is 3.12. The SMILES string of the molecule is COCC(C)NC(=O)c1cnc(N2CCN(N3C(=O)OCc4ccccc43)CC2)nc1C(F)(F)F. The van der Waals surface area contributed by atoms with Crippen molar-refractivity contribution in [3.8, 4) is 0 Å². The molecule has 1 saturated heterocycles. The van der Waals surface area contributed by atoms with Gasteiger partial charge in [0.15, 0.2) is 5.69 Å². The molecule has 0 bridgehead atoms. The monoisotopic (exact) mass is 494 g/mol. The fourth-order valence-corrected chi connectivity index (χ4v) is 4.00. The Bertz CT molecular complexity index is 1090. The van der Waals surface area contributed by atoms with Crippen LogP contribution in [0.15, 0.2) is 30.5 Å². The summed E-state index contributed by atoms with van der Waals surface area (Å²) in [5.41, 5.74) is -0.386. The quantitative estimate of drug-likeness (QED) is 0.654. The van der Waals surface area contributed by atoms with Gasteiger partial charge in [0.1, 0.15) is 6.61 Å². The Morgan fingerprint density at radius 3 is 2.63 bits per heavy atom. The summed E-state index contributed by atoms with van der Waals surface area (Å²) in [6.07, 6.45) is -4.46. The van der Waals surface area contributed by atoms with Crippen molar-refractivity contribution in [2.45, 2.75) is 25.7 Å². The van der Waals surface area contributed by atoms with E-state index in [9.17, 15) is 22.8 Å². The van der Waals surface area contributed by atoms with E-state index in [2.05, 4.69) is 15.3 Å². The lowest BCUT2D eigenvalue weighted by molar-refractivity contribution is -0.141. The molecule has 188 valence electrons. The highest BCUT2D eigenvalue weighted by atomic mass is 19.4. The van der Waals surface area contributed by atoms with E-state index in [0.717, 1.165) is 11.8 Å². The average Bonchev–Trinajstić information content (AvgIpc) is 2.83. The summed E-state index contributed by atoms with van der Waals surface area (Å²) >= 11 is 0. The van der Waals surface area contributed by atoms with E-state index in [1.54, 1.807) is 16.8 Å². The van der Waals surface area contributed by atoms with Crippen molar-refractivity contribution in [3.05, 3.63) is 47.3 Å². The Morgan fingerprint density at radius 1 is 1.23 bits per heavy atom. The number of ether oxygens (including phenoxy) is 2. The standard InChI is InChI=1S/C22H25F3N6O4/c1-14(12-34-2)27-19(32)16-11-26-20(28-18(16)22(23,24)25)29-7-9-30(10-8-29)31-17-6-4-3-5-15(17)13-35-21(31)33/h3-6,11,14H,7-10,12-13H2,1-2H3,(H,27,32). The van der Waals surface area contributed by atoms with Gasteiger partial charge >= 0.3 is 12.3 Å². The summed E-state index contributed by atoms with van der Waals surface area (Å²) in [6, 6.07) is 6.86. The summed E-state index contributed by atoms with van der Waals surface area (Å²) < 4.78 is 51.4. The van der Waals surface area contributed by atoms with Crippen LogP contribution in [0.1, 0.15) is 28.5 Å². The van der Waals surface area contributed by atoms with E-state index < -0.39 is 35.5 Å². The Labute approximate surface area is 199 Å². The molecule has 1 unspecified atom stereocenters. The van der Waals surface area contributed by atoms with Crippen LogP contribution < -0.4 is 15.2 Å². The smallest absolute Gasteiger partial charge is 0.434 e. The van der Waals surface area contributed by atoms with Gasteiger partial charge in [0.2, 0.25) is 5.95 Å². The second-order valence-corrected chi connectivity index (χ2v) is 8.20. The van der Waals surface area contributed by atoms with Crippen LogP contribution in [0.4, 0.5) is 29.6 Å². The molecule has 1 aromatic heterocycles. The van der Waals surface area contributed by atoms with E-state index in [4.69, 9.17) is 9.47 Å². The molecule has 1 aromatic carbocycles. The normalized spacial score (nSPS) is 17.6. The third kappa shape index (κ3) is 5.30. The van der Waals surface area contributed by atoms with Crippen LogP contribution in [-0.2, 0) is 22.3 Å². The van der Waals surface area contributed by atoms with Gasteiger partial charge in [-0.15, -0.1) is 0 Å². The van der Waals surface area contributed by atoms with E-state index in [1.165, 1.54) is 12.1 Å². The number of hydrogen-bond donors (Lipinski definition) is 1. The van der Waals surface area contributed by atoms with Crippen molar-refractivity contribution in [2.24, 2.45) is 0 Å². The first-order valence-electron chi connectivity index (χ1n) is 11.0. The maximum Gasteiger partial charge on any atom is 0.434 e. The topological polar surface area (TPSA) is 100 Å². The zero-order valence-corrected chi connectivity index (χ0v) is 19.2. The molecule has 4 rings (SSSR count). The van der Waals surface area contributed by atoms with Crippen LogP contribution in [0.2, 0.25) is 0 Å². The number of aromatic nitrogens is 2. The average molecular weight is 494 g/mol. The van der Waals surface area contributed by atoms with Gasteiger partial charge in [0.05, 0.1) is 17.9 Å². The molecule has 35 heavy (non-hydrogen) atoms. The number of carbonyl (C=O) groups excluding carboxylic acids is 2. The summed E-state index contributed by atoms with van der Waals surface area (Å²) in [5, 5.41) is 5.68. The maximum atomic E-state index is 13.8. The second-order valence-electron chi connectivity index (χ2n) is 8.20. The lowest BCUT2D eigenvalue weighted by atomic mass is 10.1. The van der Waals surface area contributed by atoms with Gasteiger partial charge in [-0.3, -0.25) is 4.79 Å². The fourth-order valence-electron chi connectivity index (χ4n) is 4.00. The van der Waals surface area contributed by atoms with Crippen LogP contribution in [0.5, 0.6) is 0 Å². The highest BCUT2D eigenvalue weighted by Gasteiger charge is 2.39. The van der Waals surface area contributed by atoms with Gasteiger partial charge in [-0.25, -0.2) is 24.8 Å². The number of anilines is 2. The van der Waals surface area contributed by atoms with Gasteiger partial charge in [-0.05, 0) is 13.0 Å². The highest BCUT2D eigenvalue weighted by Crippen LogP contribution is 2.32. The van der Waals surface area contributed by atoms with E-state index in [0.29, 0.717) is 18.8 Å². The van der Waals surface area contributed by atoms with Crippen LogP contribution in [0.3, 0.4) is 0 Å². The van der Waals surface area contributed by atoms with Gasteiger partial charge in [-0.2, -0.15) is 13.2 Å². The zero-order chi connectivity index (χ0) is 25.2. The highest BCUT2D eigenvalue weighted by molar-refractivity contribution is 5.95. The Morgan fingerprint density at radius 2 is 1.94 bits per heavy atom. The summed E-state index contributed by atoms with van der Waals surface area (Å²) in [4.78, 5) is 34.2. The maximum absolute atomic E-state index is 13.8. The molecule has 2 aromatic rings. The van der Waals surface area contributed by atoms with Gasteiger partial charge in [-0.1, -0.05) is 18.2 Å². The van der Waals surface area contributed by atoms with Crippen molar-refractivity contribution in [2.75, 3.05) is 49.8 Å². The number of alkyl halides is 3. The third-order valence-electron chi connectivity index (χ3n) is 5.65. The minimum absolute atomic E-state index is 0.139. The predicted octanol–water partition coefficient (Wildman–Crippen LogP) is 2.45. The van der Waals surface area contributed by atoms with Crippen molar-refractivity contribution in [1.29, 1.82) is 0 Å². The van der Waals surface area contributed by atoms with Crippen LogP contribution in [0.25, 0.3) is 0 Å². The number of nitrogens with one attached hydrogen (secondary N) is 1. The van der Waals surface area contributed by atoms with Gasteiger partial charge < -0.3 is 19.7 Å². The van der Waals surface area contributed by atoms with Crippen LogP contribution in [-0.4, -0.2) is 72.9 Å². The number of nitrogens with zero attached hydrogens (tertiary/aromatic N) is 5. The third-order valence-corrected chi connectivity index (χ3v) is 5.65. The molecule has 0 aliphatic carbocycles. The first-order valence-corrected chi connectivity index (χ1v) is 11.0. The number of para-hydroxylation sites is 1. The zero-order valence-electron chi connectivity index (χ0n) is 19.2. The molecule has 1 fully saturated rings. The number of methoxy groups -OCH3 is 1. The number of benzene rings is 1. The number of carbonyl (C=O) groups is 2. The van der Waals surface area contributed by atoms with E-state index in [-0.39, 0.29) is 32.3 Å². The minimum atomic E-state index is -4.85. The number of amides is 2. The number of cyclic esters (lactones) is 1. The summed E-state index contributed by atoms with van der Waals surface area (Å²) in [7, 11) is 1.43. The Hall–Kier alpha value is -3.45. The molecule has 1 atom stereocenters. The fraction of sp³-hybridized carbons (Fsp3) is 0.455. The molecular formula is C22H25F3N6O4. The largest absolute Gasteiger partial charge is 0.443 e. The number of fused-ring (bicyclic) bond motifs is 1. The van der Waals surface area contributed by atoms with E-state index in [1.807, 2.05) is 24.3 Å². The van der Waals surface area contributed by atoms with Crippen molar-refractivity contribution in [3.63, 3.8) is 0 Å². The molecule has 3 heterocycles. The number of halogens is 3. The molecular weight excluding hydrogens is 469 g/mol. The van der Waals surface area contributed by atoms with Crippen molar-refractivity contribution < 1.29 is 32.2 Å². The number of hydrogen-bond acceptors (Lipinski definition) is 8. The molecule has 1 N–H and O–H groups in total. The van der Waals surface area contributed by atoms with E-state index >= 15 is 0 Å². The van der Waals surface area contributed by atoms with Crippen molar-refractivity contribution in [1.82, 2.24) is 20.3 Å². The van der Waals surface area contributed by atoms with Gasteiger partial charge in [0, 0.05) is 51.1 Å². The molecule has 0 saturated carbocycles. The first-order chi connectivity index (χ1) is 16.7. The number of piperazine rings is 1. The lowest BCUT2D eigenvalue weighted by Crippen LogP contribution is -2.57. The van der Waals surface area contributed by atoms with Crippen LogP contribution in [0, 0.1) is 0 Å². The molecule has 2 amide bonds. The molecule has 0 radical (unpaired) electrons. The molecule has 2 aliphatic rings. The first kappa shape index (κ1) is 24.7. The number of rotatable bonds is 6. The minimum Gasteiger partial charge on any atom is -0.443 e. The Kier molecular flexibility index (Phi) is 7.08. The van der Waals surface area contributed by atoms with Crippen molar-refractivity contribution >= 4 is 23.6 Å². The summed E-state index contributed by atoms with van der Waals surface area (Å²) in [5.74, 6) is -1.07. The lowest BCUT2D eigenvalue weighted by Gasteiger charge is -2.42. The predicted molar refractivity (Wildman–Crippen MR) is 119 cm³/mol. The molecule has 13 heteroatoms. The van der Waals surface area contributed by atoms with Gasteiger partial charge in [0.25, 0.3) is 5.91 Å². The molecule has 10 nitrogen and oxygen atoms in total. The molecule has 0 spiro atoms. The molecule has 2 aliphatic heterocycles.